The van der Waals surface area contributed by atoms with Crippen molar-refractivity contribution < 1.29 is 23.1 Å². The summed E-state index contributed by atoms with van der Waals surface area (Å²) >= 11 is 0. The smallest absolute Gasteiger partial charge is 0.338 e. The van der Waals surface area contributed by atoms with E-state index in [2.05, 4.69) is 0 Å². The number of hydrogen-bond acceptors (Lipinski definition) is 3. The van der Waals surface area contributed by atoms with Gasteiger partial charge in [-0.2, -0.15) is 0 Å². The van der Waals surface area contributed by atoms with Crippen molar-refractivity contribution in [3.8, 4) is 0 Å². The highest BCUT2D eigenvalue weighted by Crippen LogP contribution is 2.17. The van der Waals surface area contributed by atoms with Crippen molar-refractivity contribution in [3.05, 3.63) is 64.7 Å². The summed E-state index contributed by atoms with van der Waals surface area (Å²) in [6, 6.07) is 8.36. The molecular formula is C17H15F2NO3. The average molecular weight is 319 g/mol. The molecule has 4 nitrogen and oxygen atoms in total. The molecule has 2 aromatic rings. The topological polar surface area (TPSA) is 55.4 Å². The van der Waals surface area contributed by atoms with Crippen LogP contribution in [0.3, 0.4) is 0 Å². The number of carbonyl (C=O) groups excluding carboxylic acids is 2. The average Bonchev–Trinajstić information content (AvgIpc) is 2.47. The second-order valence-electron chi connectivity index (χ2n) is 5.10. The molecule has 0 unspecified atom stereocenters. The standard InChI is InChI=1S/C17H15F2NO3/c1-10-6-11(2)8-12(7-10)17(22)23-9-15(21)20-16-13(18)4-3-5-14(16)19/h3-8H,9H2,1-2H3,(H,20,21). The van der Waals surface area contributed by atoms with Crippen LogP contribution in [0, 0.1) is 25.5 Å². The highest BCUT2D eigenvalue weighted by molar-refractivity contribution is 5.95. The Kier molecular flexibility index (Phi) is 5.05. The molecule has 0 heterocycles. The maximum absolute atomic E-state index is 13.4. The van der Waals surface area contributed by atoms with Crippen LogP contribution in [0.15, 0.2) is 36.4 Å². The molecule has 1 amide bonds. The first-order chi connectivity index (χ1) is 10.9. The first kappa shape index (κ1) is 16.6. The van der Waals surface area contributed by atoms with Crippen molar-refractivity contribution in [2.75, 3.05) is 11.9 Å². The third-order valence-electron chi connectivity index (χ3n) is 3.02. The van der Waals surface area contributed by atoms with E-state index in [1.165, 1.54) is 6.07 Å². The molecule has 0 spiro atoms. The summed E-state index contributed by atoms with van der Waals surface area (Å²) in [4.78, 5) is 23.6. The summed E-state index contributed by atoms with van der Waals surface area (Å²) in [6.07, 6.45) is 0. The van der Waals surface area contributed by atoms with Crippen LogP contribution >= 0.6 is 0 Å². The van der Waals surface area contributed by atoms with Gasteiger partial charge in [0.15, 0.2) is 6.61 Å². The zero-order valence-corrected chi connectivity index (χ0v) is 12.7. The number of rotatable bonds is 4. The number of para-hydroxylation sites is 1. The number of nitrogens with one attached hydrogen (secondary N) is 1. The molecule has 0 fully saturated rings. The van der Waals surface area contributed by atoms with E-state index in [-0.39, 0.29) is 0 Å². The minimum absolute atomic E-state index is 0.312. The van der Waals surface area contributed by atoms with E-state index < -0.39 is 35.8 Å². The molecule has 2 aromatic carbocycles. The molecular weight excluding hydrogens is 304 g/mol. The van der Waals surface area contributed by atoms with Crippen LogP contribution in [0.25, 0.3) is 0 Å². The van der Waals surface area contributed by atoms with Crippen LogP contribution in [0.5, 0.6) is 0 Å². The third-order valence-corrected chi connectivity index (χ3v) is 3.02. The Hall–Kier alpha value is -2.76. The lowest BCUT2D eigenvalue weighted by Gasteiger charge is -2.09. The van der Waals surface area contributed by atoms with Gasteiger partial charge >= 0.3 is 5.97 Å². The highest BCUT2D eigenvalue weighted by atomic mass is 19.1. The van der Waals surface area contributed by atoms with E-state index in [0.717, 1.165) is 23.3 Å². The Balaban J connectivity index is 1.97. The molecule has 2 rings (SSSR count). The molecule has 0 radical (unpaired) electrons. The lowest BCUT2D eigenvalue weighted by Crippen LogP contribution is -2.22. The molecule has 0 aliphatic heterocycles. The van der Waals surface area contributed by atoms with Crippen molar-refractivity contribution in [3.63, 3.8) is 0 Å². The van der Waals surface area contributed by atoms with Crippen LogP contribution < -0.4 is 5.32 Å². The SMILES string of the molecule is Cc1cc(C)cc(C(=O)OCC(=O)Nc2c(F)cccc2F)c1. The molecule has 0 saturated heterocycles. The van der Waals surface area contributed by atoms with Crippen LogP contribution in [0.1, 0.15) is 21.5 Å². The van der Waals surface area contributed by atoms with E-state index in [1.54, 1.807) is 12.1 Å². The quantitative estimate of drug-likeness (QED) is 0.879. The number of esters is 1. The zero-order valence-electron chi connectivity index (χ0n) is 12.7. The fourth-order valence-corrected chi connectivity index (χ4v) is 2.10. The molecule has 120 valence electrons. The minimum atomic E-state index is -0.904. The molecule has 0 aromatic heterocycles. The normalized spacial score (nSPS) is 10.3. The van der Waals surface area contributed by atoms with Gasteiger partial charge in [0.1, 0.15) is 17.3 Å². The number of anilines is 1. The first-order valence-corrected chi connectivity index (χ1v) is 6.86. The Labute approximate surface area is 132 Å². The summed E-state index contributed by atoms with van der Waals surface area (Å²) in [5, 5.41) is 2.04. The number of carbonyl (C=O) groups is 2. The lowest BCUT2D eigenvalue weighted by atomic mass is 10.1. The van der Waals surface area contributed by atoms with Gasteiger partial charge in [-0.25, -0.2) is 13.6 Å². The van der Waals surface area contributed by atoms with Crippen LogP contribution in [0.2, 0.25) is 0 Å². The fourth-order valence-electron chi connectivity index (χ4n) is 2.10. The predicted octanol–water partition coefficient (Wildman–Crippen LogP) is 3.38. The predicted molar refractivity (Wildman–Crippen MR) is 81.2 cm³/mol. The lowest BCUT2D eigenvalue weighted by molar-refractivity contribution is -0.119. The number of hydrogen-bond donors (Lipinski definition) is 1. The van der Waals surface area contributed by atoms with Crippen molar-refractivity contribution >= 4 is 17.6 Å². The summed E-state index contributed by atoms with van der Waals surface area (Å²) in [6.45, 7) is 3.02. The largest absolute Gasteiger partial charge is 0.452 e. The van der Waals surface area contributed by atoms with Crippen molar-refractivity contribution in [1.29, 1.82) is 0 Å². The van der Waals surface area contributed by atoms with Crippen molar-refractivity contribution in [2.24, 2.45) is 0 Å². The minimum Gasteiger partial charge on any atom is -0.452 e. The van der Waals surface area contributed by atoms with E-state index >= 15 is 0 Å². The van der Waals surface area contributed by atoms with Gasteiger partial charge in [-0.1, -0.05) is 23.3 Å². The van der Waals surface area contributed by atoms with E-state index in [0.29, 0.717) is 5.56 Å². The van der Waals surface area contributed by atoms with Crippen molar-refractivity contribution in [2.45, 2.75) is 13.8 Å². The fraction of sp³-hybridized carbons (Fsp3) is 0.176. The molecule has 0 aliphatic rings. The number of aryl methyl sites for hydroxylation is 2. The van der Waals surface area contributed by atoms with E-state index in [1.807, 2.05) is 25.2 Å². The van der Waals surface area contributed by atoms with Gasteiger partial charge in [-0.15, -0.1) is 0 Å². The summed E-state index contributed by atoms with van der Waals surface area (Å²) in [7, 11) is 0. The summed E-state index contributed by atoms with van der Waals surface area (Å²) < 4.78 is 31.7. The maximum Gasteiger partial charge on any atom is 0.338 e. The second kappa shape index (κ2) is 7.00. The van der Waals surface area contributed by atoms with Crippen LogP contribution in [0.4, 0.5) is 14.5 Å². The Bertz CT molecular complexity index is 719. The van der Waals surface area contributed by atoms with Gasteiger partial charge in [0, 0.05) is 0 Å². The second-order valence-corrected chi connectivity index (χ2v) is 5.10. The first-order valence-electron chi connectivity index (χ1n) is 6.86. The Morgan fingerprint density at radius 1 is 1.04 bits per heavy atom. The van der Waals surface area contributed by atoms with Crippen molar-refractivity contribution in [1.82, 2.24) is 0 Å². The zero-order chi connectivity index (χ0) is 17.0. The van der Waals surface area contributed by atoms with E-state index in [9.17, 15) is 18.4 Å². The molecule has 0 bridgehead atoms. The molecule has 1 N–H and O–H groups in total. The molecule has 23 heavy (non-hydrogen) atoms. The monoisotopic (exact) mass is 319 g/mol. The molecule has 0 aliphatic carbocycles. The third kappa shape index (κ3) is 4.35. The number of ether oxygens (including phenoxy) is 1. The Morgan fingerprint density at radius 2 is 1.61 bits per heavy atom. The number of amides is 1. The summed E-state index contributed by atoms with van der Waals surface area (Å²) in [5.74, 6) is -3.31. The number of benzene rings is 2. The molecule has 0 atom stereocenters. The maximum atomic E-state index is 13.4. The highest BCUT2D eigenvalue weighted by Gasteiger charge is 2.14. The molecule has 0 saturated carbocycles. The van der Waals surface area contributed by atoms with Gasteiger partial charge in [0.25, 0.3) is 5.91 Å². The Morgan fingerprint density at radius 3 is 2.17 bits per heavy atom. The van der Waals surface area contributed by atoms with Crippen LogP contribution in [-0.4, -0.2) is 18.5 Å². The van der Waals surface area contributed by atoms with Gasteiger partial charge in [0.05, 0.1) is 5.56 Å². The molecule has 6 heteroatoms. The van der Waals surface area contributed by atoms with Gasteiger partial charge in [0.2, 0.25) is 0 Å². The number of halogens is 2. The summed E-state index contributed by atoms with van der Waals surface area (Å²) in [5.41, 5.74) is 1.51. The van der Waals surface area contributed by atoms with Gasteiger partial charge in [-0.05, 0) is 38.1 Å². The van der Waals surface area contributed by atoms with Gasteiger partial charge in [-0.3, -0.25) is 4.79 Å². The van der Waals surface area contributed by atoms with Gasteiger partial charge < -0.3 is 10.1 Å². The van der Waals surface area contributed by atoms with E-state index in [4.69, 9.17) is 4.74 Å². The van der Waals surface area contributed by atoms with Crippen LogP contribution in [-0.2, 0) is 9.53 Å².